The van der Waals surface area contributed by atoms with E-state index in [-0.39, 0.29) is 0 Å². The summed E-state index contributed by atoms with van der Waals surface area (Å²) < 4.78 is 0. The van der Waals surface area contributed by atoms with Crippen molar-refractivity contribution < 1.29 is 0 Å². The largest absolute Gasteiger partial charge is 0.397 e. The maximum absolute atomic E-state index is 6.29. The molecule has 1 aliphatic heterocycles. The van der Waals surface area contributed by atoms with Crippen LogP contribution >= 0.6 is 0 Å². The number of hydrogen-bond donors (Lipinski definition) is 2. The van der Waals surface area contributed by atoms with Crippen LogP contribution in [0, 0.1) is 5.41 Å². The first kappa shape index (κ1) is 14.1. The smallest absolute Gasteiger partial charge is 0.0724 e. The molecule has 0 spiro atoms. The predicted molar refractivity (Wildman–Crippen MR) is 89.5 cm³/mol. The summed E-state index contributed by atoms with van der Waals surface area (Å²) >= 11 is 0. The van der Waals surface area contributed by atoms with Gasteiger partial charge < -0.3 is 16.0 Å². The Morgan fingerprint density at radius 3 is 2.81 bits per heavy atom. The summed E-state index contributed by atoms with van der Waals surface area (Å²) in [7, 11) is 2.20. The van der Waals surface area contributed by atoms with Gasteiger partial charge in [0.05, 0.1) is 16.9 Å². The molecule has 3 N–H and O–H groups in total. The number of nitrogens with two attached hydrogens (primary N) is 1. The van der Waals surface area contributed by atoms with Gasteiger partial charge in [0.25, 0.3) is 0 Å². The zero-order valence-corrected chi connectivity index (χ0v) is 12.9. The summed E-state index contributed by atoms with van der Waals surface area (Å²) in [4.78, 5) is 6.74. The van der Waals surface area contributed by atoms with E-state index in [0.717, 1.165) is 28.8 Å². The van der Waals surface area contributed by atoms with Crippen LogP contribution in [0.1, 0.15) is 19.8 Å². The maximum atomic E-state index is 6.29. The molecular weight excluding hydrogens is 260 g/mol. The Bertz CT molecular complexity index is 630. The van der Waals surface area contributed by atoms with Crippen molar-refractivity contribution in [3.8, 4) is 0 Å². The van der Waals surface area contributed by atoms with E-state index in [1.165, 1.54) is 25.9 Å². The second kappa shape index (κ2) is 5.53. The molecule has 112 valence electrons. The number of nitrogens with zero attached hydrogens (tertiary/aromatic N) is 2. The molecule has 3 rings (SSSR count). The molecule has 1 saturated heterocycles. The number of rotatable bonds is 3. The fourth-order valence-corrected chi connectivity index (χ4v) is 2.97. The standard InChI is InChI=1S/C17H24N4/c1-17(7-10-21(2)11-8-17)12-20-15-6-5-14-13(16(15)18)4-3-9-19-14/h3-6,9,20H,7-8,10-12,18H2,1-2H3. The number of pyridine rings is 1. The third-order valence-corrected chi connectivity index (χ3v) is 4.73. The number of nitrogens with one attached hydrogen (secondary N) is 1. The lowest BCUT2D eigenvalue weighted by Gasteiger charge is -2.38. The molecule has 4 nitrogen and oxygen atoms in total. The summed E-state index contributed by atoms with van der Waals surface area (Å²) in [5.41, 5.74) is 9.42. The van der Waals surface area contributed by atoms with Crippen molar-refractivity contribution in [3.05, 3.63) is 30.5 Å². The highest BCUT2D eigenvalue weighted by Gasteiger charge is 2.28. The molecule has 0 radical (unpaired) electrons. The van der Waals surface area contributed by atoms with E-state index in [0.29, 0.717) is 5.41 Å². The van der Waals surface area contributed by atoms with Crippen LogP contribution in [0.3, 0.4) is 0 Å². The van der Waals surface area contributed by atoms with Crippen LogP contribution < -0.4 is 11.1 Å². The Kier molecular flexibility index (Phi) is 3.72. The van der Waals surface area contributed by atoms with Crippen molar-refractivity contribution >= 4 is 22.3 Å². The molecule has 0 amide bonds. The van der Waals surface area contributed by atoms with Crippen LogP contribution in [0.25, 0.3) is 10.9 Å². The lowest BCUT2D eigenvalue weighted by molar-refractivity contribution is 0.150. The van der Waals surface area contributed by atoms with Crippen LogP contribution in [0.4, 0.5) is 11.4 Å². The van der Waals surface area contributed by atoms with E-state index >= 15 is 0 Å². The highest BCUT2D eigenvalue weighted by molar-refractivity contribution is 5.96. The zero-order valence-electron chi connectivity index (χ0n) is 12.9. The molecule has 0 aliphatic carbocycles. The van der Waals surface area contributed by atoms with Gasteiger partial charge in [-0.05, 0) is 62.7 Å². The summed E-state index contributed by atoms with van der Waals surface area (Å²) in [5, 5.41) is 4.58. The summed E-state index contributed by atoms with van der Waals surface area (Å²) in [5.74, 6) is 0. The van der Waals surface area contributed by atoms with Crippen molar-refractivity contribution in [1.82, 2.24) is 9.88 Å². The topological polar surface area (TPSA) is 54.2 Å². The van der Waals surface area contributed by atoms with Crippen molar-refractivity contribution in [2.75, 3.05) is 37.7 Å². The molecule has 2 aromatic rings. The number of piperidine rings is 1. The van der Waals surface area contributed by atoms with Gasteiger partial charge in [-0.25, -0.2) is 0 Å². The zero-order chi connectivity index (χ0) is 14.9. The molecule has 1 aromatic carbocycles. The van der Waals surface area contributed by atoms with E-state index in [4.69, 9.17) is 5.73 Å². The van der Waals surface area contributed by atoms with Crippen LogP contribution in [-0.4, -0.2) is 36.6 Å². The number of likely N-dealkylation sites (tertiary alicyclic amines) is 1. The number of benzene rings is 1. The van der Waals surface area contributed by atoms with E-state index in [2.05, 4.69) is 29.2 Å². The molecule has 2 heterocycles. The van der Waals surface area contributed by atoms with E-state index < -0.39 is 0 Å². The minimum absolute atomic E-state index is 0.350. The molecule has 1 fully saturated rings. The Morgan fingerprint density at radius 1 is 1.29 bits per heavy atom. The fourth-order valence-electron chi connectivity index (χ4n) is 2.97. The van der Waals surface area contributed by atoms with E-state index in [9.17, 15) is 0 Å². The van der Waals surface area contributed by atoms with Gasteiger partial charge in [0, 0.05) is 18.1 Å². The lowest BCUT2D eigenvalue weighted by atomic mass is 9.80. The molecular formula is C17H24N4. The molecule has 1 aliphatic rings. The highest BCUT2D eigenvalue weighted by atomic mass is 15.1. The molecule has 21 heavy (non-hydrogen) atoms. The molecule has 0 unspecified atom stereocenters. The number of fused-ring (bicyclic) bond motifs is 1. The first-order valence-electron chi connectivity index (χ1n) is 7.63. The van der Waals surface area contributed by atoms with Crippen LogP contribution in [0.5, 0.6) is 0 Å². The summed E-state index contributed by atoms with van der Waals surface area (Å²) in [6.07, 6.45) is 4.26. The maximum Gasteiger partial charge on any atom is 0.0724 e. The van der Waals surface area contributed by atoms with E-state index in [1.807, 2.05) is 24.3 Å². The minimum atomic E-state index is 0.350. The van der Waals surface area contributed by atoms with E-state index in [1.54, 1.807) is 6.20 Å². The van der Waals surface area contributed by atoms with Crippen molar-refractivity contribution in [2.45, 2.75) is 19.8 Å². The van der Waals surface area contributed by atoms with Crippen LogP contribution in [0.15, 0.2) is 30.5 Å². The molecule has 0 saturated carbocycles. The average molecular weight is 284 g/mol. The van der Waals surface area contributed by atoms with Gasteiger partial charge in [-0.15, -0.1) is 0 Å². The van der Waals surface area contributed by atoms with Gasteiger partial charge >= 0.3 is 0 Å². The Hall–Kier alpha value is -1.81. The monoisotopic (exact) mass is 284 g/mol. The van der Waals surface area contributed by atoms with Gasteiger partial charge in [0.15, 0.2) is 0 Å². The second-order valence-corrected chi connectivity index (χ2v) is 6.56. The highest BCUT2D eigenvalue weighted by Crippen LogP contribution is 2.33. The number of nitrogen functional groups attached to an aromatic ring is 1. The molecule has 4 heteroatoms. The first-order valence-corrected chi connectivity index (χ1v) is 7.63. The van der Waals surface area contributed by atoms with Crippen LogP contribution in [0.2, 0.25) is 0 Å². The quantitative estimate of drug-likeness (QED) is 0.851. The molecule has 0 bridgehead atoms. The Morgan fingerprint density at radius 2 is 2.05 bits per heavy atom. The van der Waals surface area contributed by atoms with Crippen LogP contribution in [-0.2, 0) is 0 Å². The predicted octanol–water partition coefficient (Wildman–Crippen LogP) is 2.96. The van der Waals surface area contributed by atoms with Gasteiger partial charge in [-0.1, -0.05) is 6.92 Å². The lowest BCUT2D eigenvalue weighted by Crippen LogP contribution is -2.40. The minimum Gasteiger partial charge on any atom is -0.397 e. The fraction of sp³-hybridized carbons (Fsp3) is 0.471. The first-order chi connectivity index (χ1) is 10.1. The van der Waals surface area contributed by atoms with Crippen molar-refractivity contribution in [2.24, 2.45) is 5.41 Å². The number of aromatic nitrogens is 1. The third-order valence-electron chi connectivity index (χ3n) is 4.73. The molecule has 1 aromatic heterocycles. The summed E-state index contributed by atoms with van der Waals surface area (Å²) in [6, 6.07) is 8.04. The van der Waals surface area contributed by atoms with Gasteiger partial charge in [-0.3, -0.25) is 4.98 Å². The van der Waals surface area contributed by atoms with Crippen molar-refractivity contribution in [1.29, 1.82) is 0 Å². The summed E-state index contributed by atoms with van der Waals surface area (Å²) in [6.45, 7) is 5.69. The van der Waals surface area contributed by atoms with Crippen molar-refractivity contribution in [3.63, 3.8) is 0 Å². The third kappa shape index (κ3) is 2.95. The Labute approximate surface area is 126 Å². The van der Waals surface area contributed by atoms with Gasteiger partial charge in [-0.2, -0.15) is 0 Å². The Balaban J connectivity index is 1.75. The molecule has 0 atom stereocenters. The average Bonchev–Trinajstić information content (AvgIpc) is 2.50. The van der Waals surface area contributed by atoms with Gasteiger partial charge in [0.2, 0.25) is 0 Å². The number of hydrogen-bond acceptors (Lipinski definition) is 4. The number of anilines is 2. The second-order valence-electron chi connectivity index (χ2n) is 6.56. The normalized spacial score (nSPS) is 18.8. The van der Waals surface area contributed by atoms with Gasteiger partial charge in [0.1, 0.15) is 0 Å². The SMILES string of the molecule is CN1CCC(C)(CNc2ccc3ncccc3c2N)CC1.